The maximum atomic E-state index is 13.7. The van der Waals surface area contributed by atoms with Gasteiger partial charge in [0.05, 0.1) is 5.69 Å². The molecule has 0 saturated heterocycles. The lowest BCUT2D eigenvalue weighted by Gasteiger charge is -2.10. The number of anilines is 1. The molecule has 0 unspecified atom stereocenters. The highest BCUT2D eigenvalue weighted by atomic mass is 35.5. The number of rotatable bonds is 6. The minimum atomic E-state index is -3.70. The zero-order chi connectivity index (χ0) is 23.0. The van der Waals surface area contributed by atoms with Crippen LogP contribution in [0.25, 0.3) is 16.9 Å². The van der Waals surface area contributed by atoms with Crippen molar-refractivity contribution < 1.29 is 27.1 Å². The van der Waals surface area contributed by atoms with E-state index in [4.69, 9.17) is 11.6 Å². The summed E-state index contributed by atoms with van der Waals surface area (Å²) in [5.41, 5.74) is 0.660. The maximum absolute atomic E-state index is 13.7. The van der Waals surface area contributed by atoms with E-state index < -0.39 is 23.6 Å². The van der Waals surface area contributed by atoms with E-state index in [9.17, 15) is 22.4 Å². The number of fused-ring (bicyclic) bond motifs is 1. The first-order chi connectivity index (χ1) is 15.1. The molecule has 0 radical (unpaired) electrons. The zero-order valence-corrected chi connectivity index (χ0v) is 17.6. The average molecular weight is 486 g/mol. The molecule has 1 amide bonds. The van der Waals surface area contributed by atoms with Crippen LogP contribution in [0.3, 0.4) is 0 Å². The number of nitrogens with zero attached hydrogens (tertiary/aromatic N) is 4. The number of aromatic nitrogens is 4. The third-order valence-corrected chi connectivity index (χ3v) is 5.13. The molecule has 7 nitrogen and oxygen atoms in total. The first kappa shape index (κ1) is 22.0. The molecule has 0 fully saturated rings. The minimum Gasteiger partial charge on any atom is -0.435 e. The van der Waals surface area contributed by atoms with Crippen LogP contribution in [0.2, 0.25) is 0 Å². The molecular weight excluding hydrogens is 474 g/mol. The zero-order valence-electron chi connectivity index (χ0n) is 16.0. The van der Waals surface area contributed by atoms with Crippen LogP contribution in [-0.4, -0.2) is 32.1 Å². The molecule has 0 spiro atoms. The van der Waals surface area contributed by atoms with Crippen LogP contribution in [0.4, 0.5) is 22.7 Å². The van der Waals surface area contributed by atoms with E-state index in [1.54, 1.807) is 17.5 Å². The molecule has 0 bridgehead atoms. The van der Waals surface area contributed by atoms with Crippen molar-refractivity contribution in [2.75, 3.05) is 5.32 Å². The van der Waals surface area contributed by atoms with E-state index in [0.29, 0.717) is 11.3 Å². The van der Waals surface area contributed by atoms with E-state index in [2.05, 4.69) is 25.1 Å². The summed E-state index contributed by atoms with van der Waals surface area (Å²) in [6.07, 6.45) is 0. The number of hydrogen-bond donors (Lipinski definition) is 1. The summed E-state index contributed by atoms with van der Waals surface area (Å²) in [5, 5.41) is 4.61. The van der Waals surface area contributed by atoms with Crippen LogP contribution in [0, 0.1) is 6.92 Å². The Morgan fingerprint density at radius 2 is 1.94 bits per heavy atom. The third-order valence-electron chi connectivity index (χ3n) is 4.18. The Bertz CT molecular complexity index is 1290. The highest BCUT2D eigenvalue weighted by molar-refractivity contribution is 7.14. The van der Waals surface area contributed by atoms with E-state index in [-0.39, 0.29) is 27.9 Å². The number of ether oxygens (including phenoxy) is 1. The number of halogens is 5. The van der Waals surface area contributed by atoms with E-state index >= 15 is 0 Å². The second-order valence-electron chi connectivity index (χ2n) is 6.48. The number of aryl methyl sites for hydroxylation is 1. The highest BCUT2D eigenvalue weighted by Crippen LogP contribution is 2.33. The monoisotopic (exact) mass is 485 g/mol. The molecule has 0 saturated carbocycles. The van der Waals surface area contributed by atoms with Crippen LogP contribution >= 0.6 is 22.9 Å². The van der Waals surface area contributed by atoms with Crippen LogP contribution in [0.15, 0.2) is 41.8 Å². The smallest absolute Gasteiger partial charge is 0.387 e. The molecule has 32 heavy (non-hydrogen) atoms. The van der Waals surface area contributed by atoms with Gasteiger partial charge in [-0.15, -0.1) is 11.3 Å². The first-order valence-electron chi connectivity index (χ1n) is 8.87. The van der Waals surface area contributed by atoms with Crippen molar-refractivity contribution in [2.45, 2.75) is 18.9 Å². The molecule has 4 rings (SSSR count). The highest BCUT2D eigenvalue weighted by Gasteiger charge is 2.32. The minimum absolute atomic E-state index is 0.00472. The molecule has 4 aromatic rings. The molecular formula is C19H12ClF4N5O2S. The van der Waals surface area contributed by atoms with Crippen molar-refractivity contribution in [2.24, 2.45) is 0 Å². The number of amides is 1. The predicted molar refractivity (Wildman–Crippen MR) is 110 cm³/mol. The molecule has 0 atom stereocenters. The lowest BCUT2D eigenvalue weighted by atomic mass is 10.2. The van der Waals surface area contributed by atoms with Gasteiger partial charge in [0.25, 0.3) is 5.91 Å². The quantitative estimate of drug-likeness (QED) is 0.296. The maximum Gasteiger partial charge on any atom is 0.387 e. The lowest BCUT2D eigenvalue weighted by Crippen LogP contribution is -2.15. The van der Waals surface area contributed by atoms with Gasteiger partial charge < -0.3 is 4.74 Å². The summed E-state index contributed by atoms with van der Waals surface area (Å²) in [5.74, 6) is -0.677. The summed E-state index contributed by atoms with van der Waals surface area (Å²) in [4.78, 5) is 20.9. The van der Waals surface area contributed by atoms with Crippen molar-refractivity contribution in [3.8, 4) is 17.0 Å². The van der Waals surface area contributed by atoms with Crippen molar-refractivity contribution in [1.82, 2.24) is 19.6 Å². The Balaban J connectivity index is 1.54. The topological polar surface area (TPSA) is 81.4 Å². The second-order valence-corrected chi connectivity index (χ2v) is 7.81. The van der Waals surface area contributed by atoms with Crippen molar-refractivity contribution in [1.29, 1.82) is 0 Å². The predicted octanol–water partition coefficient (Wildman–Crippen LogP) is 5.30. The number of benzene rings is 1. The molecule has 3 aromatic heterocycles. The SMILES string of the molecule is Cc1cc(C(F)(F)Cl)n2nc(C(=O)Nc3nc(-c4ccc(OC(F)F)cc4)cs3)cc2n1. The fourth-order valence-electron chi connectivity index (χ4n) is 2.85. The Morgan fingerprint density at radius 1 is 1.22 bits per heavy atom. The third kappa shape index (κ3) is 4.65. The van der Waals surface area contributed by atoms with Gasteiger partial charge in [-0.1, -0.05) is 0 Å². The largest absolute Gasteiger partial charge is 0.435 e. The average Bonchev–Trinajstić information content (AvgIpc) is 3.33. The fraction of sp³-hybridized carbons (Fsp3) is 0.158. The molecule has 0 aliphatic rings. The Kier molecular flexibility index (Phi) is 5.73. The molecule has 0 aliphatic heterocycles. The summed E-state index contributed by atoms with van der Waals surface area (Å²) < 4.78 is 57.0. The summed E-state index contributed by atoms with van der Waals surface area (Å²) >= 11 is 6.26. The number of thiazole rings is 1. The first-order valence-corrected chi connectivity index (χ1v) is 10.1. The van der Waals surface area contributed by atoms with E-state index in [1.807, 2.05) is 0 Å². The summed E-state index contributed by atoms with van der Waals surface area (Å²) in [6, 6.07) is 8.17. The number of nitrogens with one attached hydrogen (secondary N) is 1. The van der Waals surface area contributed by atoms with Gasteiger partial charge in [0.2, 0.25) is 0 Å². The van der Waals surface area contributed by atoms with Gasteiger partial charge in [-0.05, 0) is 48.9 Å². The van der Waals surface area contributed by atoms with E-state index in [1.165, 1.54) is 25.1 Å². The standard InChI is InChI=1S/C19H12ClF4N5O2S/c1-9-6-14(19(20,23)24)29-15(25-9)7-12(28-29)16(30)27-18-26-13(8-32-18)10-2-4-11(5-3-10)31-17(21)22/h2-8,17H,1H3,(H,26,27,30). The number of carbonyl (C=O) groups excluding carboxylic acids is 1. The van der Waals surface area contributed by atoms with Gasteiger partial charge in [0.1, 0.15) is 11.4 Å². The number of hydrogen-bond acceptors (Lipinski definition) is 6. The molecule has 3 heterocycles. The van der Waals surface area contributed by atoms with Crippen LogP contribution in [-0.2, 0) is 5.38 Å². The van der Waals surface area contributed by atoms with Crippen LogP contribution < -0.4 is 10.1 Å². The van der Waals surface area contributed by atoms with Gasteiger partial charge in [0, 0.05) is 22.7 Å². The van der Waals surface area contributed by atoms with Crippen molar-refractivity contribution in [3.63, 3.8) is 0 Å². The molecule has 166 valence electrons. The van der Waals surface area contributed by atoms with Gasteiger partial charge in [-0.25, -0.2) is 14.5 Å². The second kappa shape index (κ2) is 8.36. The molecule has 0 aliphatic carbocycles. The molecule has 13 heteroatoms. The van der Waals surface area contributed by atoms with Gasteiger partial charge >= 0.3 is 12.0 Å². The summed E-state index contributed by atoms with van der Waals surface area (Å²) in [6.45, 7) is -1.41. The Hall–Kier alpha value is -3.25. The van der Waals surface area contributed by atoms with Crippen LogP contribution in [0.1, 0.15) is 21.9 Å². The van der Waals surface area contributed by atoms with Crippen molar-refractivity contribution >= 4 is 39.6 Å². The molecule has 1 aromatic carbocycles. The molecule has 1 N–H and O–H groups in total. The van der Waals surface area contributed by atoms with Gasteiger partial charge in [0.15, 0.2) is 16.5 Å². The fourth-order valence-corrected chi connectivity index (χ4v) is 3.69. The Labute approximate surface area is 186 Å². The summed E-state index contributed by atoms with van der Waals surface area (Å²) in [7, 11) is 0. The lowest BCUT2D eigenvalue weighted by molar-refractivity contribution is -0.0498. The normalized spacial score (nSPS) is 11.8. The van der Waals surface area contributed by atoms with Crippen molar-refractivity contribution in [3.05, 3.63) is 58.9 Å². The van der Waals surface area contributed by atoms with E-state index in [0.717, 1.165) is 21.9 Å². The van der Waals surface area contributed by atoms with Crippen LogP contribution in [0.5, 0.6) is 5.75 Å². The van der Waals surface area contributed by atoms with Gasteiger partial charge in [-0.3, -0.25) is 10.1 Å². The Morgan fingerprint density at radius 3 is 2.59 bits per heavy atom. The number of alkyl halides is 5. The van der Waals surface area contributed by atoms with Gasteiger partial charge in [-0.2, -0.15) is 22.7 Å². The number of carbonyl (C=O) groups is 1.